The first-order valence-corrected chi connectivity index (χ1v) is 12.8. The molecule has 214 valence electrons. The predicted octanol–water partition coefficient (Wildman–Crippen LogP) is -3.66. The Labute approximate surface area is 219 Å². The minimum atomic E-state index is -2.19. The van der Waals surface area contributed by atoms with E-state index in [2.05, 4.69) is 0 Å². The maximum Gasteiger partial charge on any atom is 0.119 e. The third kappa shape index (κ3) is 5.29. The number of hydrogen-bond acceptors (Lipinski definition) is 12. The number of ether oxygens (including phenoxy) is 2. The summed E-state index contributed by atoms with van der Waals surface area (Å²) in [6, 6.07) is 9.35. The van der Waals surface area contributed by atoms with Gasteiger partial charge in [-0.25, -0.2) is 0 Å². The standard InChI is InChI=1S/C26H38O12/c27-10-15-17(29)19(31)21(33)23(37-15)25(35)9-8-14(7-6-13-4-2-1-3-5-13)26(36,12-25)24-22(34)20(32)18(30)16(11-28)38-24/h1-5,8-9,14-24,27-36H,6-7,10-12H2/t14?,15-,16-,17-,18-,19+,20+,21-,22-,23?,24?,25?,26?/m1/s1. The summed E-state index contributed by atoms with van der Waals surface area (Å²) in [5, 5.41) is 106. The Bertz CT molecular complexity index is 943. The van der Waals surface area contributed by atoms with Crippen molar-refractivity contribution in [3.8, 4) is 0 Å². The number of aliphatic hydroxyl groups is 10. The zero-order valence-corrected chi connectivity index (χ0v) is 20.7. The summed E-state index contributed by atoms with van der Waals surface area (Å²) in [6.45, 7) is -1.45. The summed E-state index contributed by atoms with van der Waals surface area (Å²) in [6.07, 6.45) is -13.4. The van der Waals surface area contributed by atoms with Crippen LogP contribution < -0.4 is 0 Å². The summed E-state index contributed by atoms with van der Waals surface area (Å²) in [5.74, 6) is -0.783. The molecule has 0 saturated carbocycles. The lowest BCUT2D eigenvalue weighted by Gasteiger charge is -2.55. The van der Waals surface area contributed by atoms with Gasteiger partial charge in [-0.1, -0.05) is 42.5 Å². The van der Waals surface area contributed by atoms with Crippen LogP contribution in [0.4, 0.5) is 0 Å². The Morgan fingerprint density at radius 2 is 1.24 bits per heavy atom. The lowest BCUT2D eigenvalue weighted by molar-refractivity contribution is -0.300. The van der Waals surface area contributed by atoms with E-state index in [0.29, 0.717) is 12.8 Å². The third-order valence-corrected chi connectivity index (χ3v) is 8.18. The molecule has 1 aliphatic carbocycles. The molecule has 38 heavy (non-hydrogen) atoms. The van der Waals surface area contributed by atoms with Crippen LogP contribution in [0.25, 0.3) is 0 Å². The Kier molecular flexibility index (Phi) is 8.94. The van der Waals surface area contributed by atoms with Crippen LogP contribution in [0, 0.1) is 5.92 Å². The molecular formula is C26H38O12. The van der Waals surface area contributed by atoms with Gasteiger partial charge in [0.05, 0.1) is 13.2 Å². The Morgan fingerprint density at radius 3 is 1.79 bits per heavy atom. The van der Waals surface area contributed by atoms with Crippen LogP contribution in [0.15, 0.2) is 42.5 Å². The smallest absolute Gasteiger partial charge is 0.119 e. The summed E-state index contributed by atoms with van der Waals surface area (Å²) in [4.78, 5) is 0. The quantitative estimate of drug-likeness (QED) is 0.151. The molecule has 2 saturated heterocycles. The van der Waals surface area contributed by atoms with Crippen LogP contribution in [0.1, 0.15) is 18.4 Å². The SMILES string of the molecule is OC[C@H]1OC(C2(O)C=CC(CCc3ccccc3)C(O)(C3O[C@H](CO)[C@@H](O)[C@H](O)[C@H]3O)C2)[C@H](O)[C@@H](O)[C@@H]1O. The highest BCUT2D eigenvalue weighted by molar-refractivity contribution is 5.24. The van der Waals surface area contributed by atoms with Crippen LogP contribution in [0.5, 0.6) is 0 Å². The van der Waals surface area contributed by atoms with Gasteiger partial charge in [0.2, 0.25) is 0 Å². The van der Waals surface area contributed by atoms with Gasteiger partial charge in [-0.2, -0.15) is 0 Å². The first-order chi connectivity index (χ1) is 18.0. The molecule has 0 amide bonds. The molecule has 1 aromatic carbocycles. The molecule has 3 aliphatic rings. The molecule has 1 aromatic rings. The van der Waals surface area contributed by atoms with Crippen molar-refractivity contribution in [2.45, 2.75) is 91.5 Å². The number of aryl methyl sites for hydroxylation is 1. The average molecular weight is 543 g/mol. The number of benzene rings is 1. The van der Waals surface area contributed by atoms with Crippen LogP contribution in [-0.4, -0.2) is 137 Å². The van der Waals surface area contributed by atoms with Gasteiger partial charge in [-0.15, -0.1) is 0 Å². The zero-order valence-electron chi connectivity index (χ0n) is 20.7. The van der Waals surface area contributed by atoms with E-state index in [9.17, 15) is 51.1 Å². The molecule has 12 heteroatoms. The van der Waals surface area contributed by atoms with Gasteiger partial charge in [0, 0.05) is 12.3 Å². The fourth-order valence-corrected chi connectivity index (χ4v) is 5.94. The van der Waals surface area contributed by atoms with Gasteiger partial charge in [0.25, 0.3) is 0 Å². The molecule has 12 nitrogen and oxygen atoms in total. The van der Waals surface area contributed by atoms with E-state index in [1.807, 2.05) is 30.3 Å². The zero-order chi connectivity index (χ0) is 27.8. The van der Waals surface area contributed by atoms with E-state index in [1.54, 1.807) is 0 Å². The van der Waals surface area contributed by atoms with Crippen molar-refractivity contribution in [2.75, 3.05) is 13.2 Å². The second-order valence-corrected chi connectivity index (χ2v) is 10.6. The van der Waals surface area contributed by atoms with E-state index in [1.165, 1.54) is 12.2 Å². The lowest BCUT2D eigenvalue weighted by atomic mass is 9.64. The second kappa shape index (κ2) is 11.5. The molecular weight excluding hydrogens is 504 g/mol. The summed E-state index contributed by atoms with van der Waals surface area (Å²) < 4.78 is 11.3. The monoisotopic (exact) mass is 542 g/mol. The fraction of sp³-hybridized carbons (Fsp3) is 0.692. The normalized spacial score (nSPS) is 47.7. The Balaban J connectivity index is 1.70. The van der Waals surface area contributed by atoms with E-state index in [4.69, 9.17) is 9.47 Å². The summed E-state index contributed by atoms with van der Waals surface area (Å²) >= 11 is 0. The van der Waals surface area contributed by atoms with Gasteiger partial charge >= 0.3 is 0 Å². The maximum atomic E-state index is 12.1. The van der Waals surface area contributed by atoms with Crippen LogP contribution in [-0.2, 0) is 15.9 Å². The molecule has 2 fully saturated rings. The topological polar surface area (TPSA) is 221 Å². The van der Waals surface area contributed by atoms with Crippen molar-refractivity contribution < 1.29 is 60.5 Å². The molecule has 0 radical (unpaired) electrons. The molecule has 4 rings (SSSR count). The third-order valence-electron chi connectivity index (χ3n) is 8.18. The number of aliphatic hydroxyl groups excluding tert-OH is 8. The molecule has 2 aliphatic heterocycles. The van der Waals surface area contributed by atoms with E-state index in [-0.39, 0.29) is 0 Å². The van der Waals surface area contributed by atoms with Crippen molar-refractivity contribution in [2.24, 2.45) is 5.92 Å². The fourth-order valence-electron chi connectivity index (χ4n) is 5.94. The van der Waals surface area contributed by atoms with Gasteiger partial charge in [-0.3, -0.25) is 0 Å². The Morgan fingerprint density at radius 1 is 0.711 bits per heavy atom. The minimum Gasteiger partial charge on any atom is -0.394 e. The highest BCUT2D eigenvalue weighted by Gasteiger charge is 2.61. The van der Waals surface area contributed by atoms with E-state index in [0.717, 1.165) is 5.56 Å². The van der Waals surface area contributed by atoms with E-state index >= 15 is 0 Å². The van der Waals surface area contributed by atoms with Crippen molar-refractivity contribution in [3.63, 3.8) is 0 Å². The molecule has 2 heterocycles. The molecule has 0 bridgehead atoms. The lowest BCUT2D eigenvalue weighted by Crippen LogP contribution is -2.71. The first-order valence-electron chi connectivity index (χ1n) is 12.8. The summed E-state index contributed by atoms with van der Waals surface area (Å²) in [5.41, 5.74) is -3.37. The number of rotatable bonds is 7. The Hall–Kier alpha value is -1.52. The minimum absolute atomic E-state index is 0.302. The van der Waals surface area contributed by atoms with Gasteiger partial charge < -0.3 is 60.5 Å². The number of hydrogen-bond donors (Lipinski definition) is 10. The molecule has 0 spiro atoms. The summed E-state index contributed by atoms with van der Waals surface area (Å²) in [7, 11) is 0. The largest absolute Gasteiger partial charge is 0.394 e. The molecule has 13 atom stereocenters. The van der Waals surface area contributed by atoms with Crippen LogP contribution in [0.3, 0.4) is 0 Å². The molecule has 0 aromatic heterocycles. The van der Waals surface area contributed by atoms with Crippen molar-refractivity contribution in [3.05, 3.63) is 48.0 Å². The van der Waals surface area contributed by atoms with Crippen LogP contribution in [0.2, 0.25) is 0 Å². The van der Waals surface area contributed by atoms with Crippen molar-refractivity contribution >= 4 is 0 Å². The second-order valence-electron chi connectivity index (χ2n) is 10.6. The van der Waals surface area contributed by atoms with E-state index < -0.39 is 97.8 Å². The van der Waals surface area contributed by atoms with Gasteiger partial charge in [-0.05, 0) is 18.4 Å². The maximum absolute atomic E-state index is 12.1. The van der Waals surface area contributed by atoms with Gasteiger partial charge in [0.15, 0.2) is 0 Å². The molecule has 10 N–H and O–H groups in total. The van der Waals surface area contributed by atoms with Gasteiger partial charge in [0.1, 0.15) is 72.2 Å². The van der Waals surface area contributed by atoms with Crippen LogP contribution >= 0.6 is 0 Å². The van der Waals surface area contributed by atoms with Crippen molar-refractivity contribution in [1.29, 1.82) is 0 Å². The highest BCUT2D eigenvalue weighted by Crippen LogP contribution is 2.46. The first kappa shape index (κ1) is 29.5. The predicted molar refractivity (Wildman–Crippen MR) is 129 cm³/mol. The highest BCUT2D eigenvalue weighted by atomic mass is 16.6. The average Bonchev–Trinajstić information content (AvgIpc) is 2.90. The molecule has 5 unspecified atom stereocenters. The van der Waals surface area contributed by atoms with Crippen molar-refractivity contribution in [1.82, 2.24) is 0 Å².